The van der Waals surface area contributed by atoms with Gasteiger partial charge in [0.2, 0.25) is 20.4 Å². The Bertz CT molecular complexity index is 2310. The number of hydrogen-bond donors (Lipinski definition) is 0. The molecule has 8 bridgehead atoms. The Morgan fingerprint density at radius 3 is 1.35 bits per heavy atom. The molecule has 0 saturated heterocycles. The highest BCUT2D eigenvalue weighted by molar-refractivity contribution is 9.11. The van der Waals surface area contributed by atoms with Crippen LogP contribution >= 0.6 is 47.8 Å². The first kappa shape index (κ1) is 45.1. The standard InChI is InChI=1S/C52H61Br3O8/c1-5-9-13-17-32-35-23-31-20-21-42(35)56-27-57-46-36(32)24-37-33(18-14-10-6-2)38-25-39-34(19-15-11-7-3)40-26-41-51(62-30-63-52(31,41)22-16-12-8-4)45(55)50(40)61-29-60-49(39)44(54)48(38)59-28-58-47(37)43(46)53/h20-21,23-26,32-34H,5-19,22,27-30H2,1-4H3. The maximum absolute atomic E-state index is 7.14. The number of hydrogen-bond acceptors (Lipinski definition) is 8. The fourth-order valence-electron chi connectivity index (χ4n) is 10.8. The Morgan fingerprint density at radius 1 is 0.444 bits per heavy atom. The highest BCUT2D eigenvalue weighted by Gasteiger charge is 2.45. The van der Waals surface area contributed by atoms with Gasteiger partial charge in [0, 0.05) is 56.7 Å². The molecule has 9 rings (SSSR count). The number of ether oxygens (including phenoxy) is 8. The second kappa shape index (κ2) is 19.8. The Balaban J connectivity index is 1.42. The molecule has 0 radical (unpaired) electrons. The first-order chi connectivity index (χ1) is 30.8. The van der Waals surface area contributed by atoms with Crippen molar-refractivity contribution in [2.24, 2.45) is 0 Å². The van der Waals surface area contributed by atoms with Crippen LogP contribution in [0.25, 0.3) is 0 Å². The summed E-state index contributed by atoms with van der Waals surface area (Å²) in [6, 6.07) is 13.9. The quantitative estimate of drug-likeness (QED) is 0.103. The molecule has 0 fully saturated rings. The lowest BCUT2D eigenvalue weighted by molar-refractivity contribution is -0.115. The van der Waals surface area contributed by atoms with E-state index in [9.17, 15) is 0 Å². The van der Waals surface area contributed by atoms with Crippen molar-refractivity contribution in [3.63, 3.8) is 0 Å². The molecule has 0 N–H and O–H groups in total. The number of fused-ring (bicyclic) bond motifs is 2. The van der Waals surface area contributed by atoms with Gasteiger partial charge >= 0.3 is 0 Å². The van der Waals surface area contributed by atoms with Crippen molar-refractivity contribution in [3.05, 3.63) is 94.3 Å². The highest BCUT2D eigenvalue weighted by atomic mass is 79.9. The Hall–Kier alpha value is -3.12. The summed E-state index contributed by atoms with van der Waals surface area (Å²) in [5.74, 6) is 5.20. The molecule has 63 heavy (non-hydrogen) atoms. The van der Waals surface area contributed by atoms with Crippen molar-refractivity contribution in [1.29, 1.82) is 0 Å². The monoisotopic (exact) mass is 1050 g/mol. The maximum atomic E-state index is 7.14. The normalized spacial score (nSPS) is 21.2. The van der Waals surface area contributed by atoms with E-state index in [-0.39, 0.29) is 44.9 Å². The fraction of sp³-hybridized carbons (Fsp3) is 0.538. The van der Waals surface area contributed by atoms with Gasteiger partial charge in [0.1, 0.15) is 59.3 Å². The van der Waals surface area contributed by atoms with Crippen LogP contribution in [0.3, 0.4) is 0 Å². The third kappa shape index (κ3) is 8.26. The van der Waals surface area contributed by atoms with Crippen LogP contribution in [-0.2, 0) is 10.3 Å². The molecule has 5 aliphatic rings. The molecule has 338 valence electrons. The van der Waals surface area contributed by atoms with Crippen molar-refractivity contribution in [1.82, 2.24) is 0 Å². The number of unbranched alkanes of at least 4 members (excludes halogenated alkanes) is 8. The Labute approximate surface area is 398 Å². The molecule has 4 unspecified atom stereocenters. The minimum atomic E-state index is -0.810. The van der Waals surface area contributed by atoms with Crippen molar-refractivity contribution in [2.75, 3.05) is 27.2 Å². The third-order valence-electron chi connectivity index (χ3n) is 14.0. The van der Waals surface area contributed by atoms with E-state index >= 15 is 0 Å². The van der Waals surface area contributed by atoms with E-state index in [1.807, 2.05) is 0 Å². The summed E-state index contributed by atoms with van der Waals surface area (Å²) in [5, 5.41) is 0. The lowest BCUT2D eigenvalue weighted by atomic mass is 9.74. The fourth-order valence-corrected chi connectivity index (χ4v) is 12.8. The van der Waals surface area contributed by atoms with E-state index in [2.05, 4.69) is 112 Å². The minimum Gasteiger partial charge on any atom is -0.466 e. The molecule has 0 aromatic heterocycles. The number of rotatable bonds is 16. The average Bonchev–Trinajstić information content (AvgIpc) is 3.27. The van der Waals surface area contributed by atoms with Gasteiger partial charge in [0.15, 0.2) is 6.79 Å². The van der Waals surface area contributed by atoms with Crippen LogP contribution in [0.1, 0.15) is 193 Å². The largest absolute Gasteiger partial charge is 0.466 e. The van der Waals surface area contributed by atoms with Crippen LogP contribution in [0.4, 0.5) is 0 Å². The molecule has 4 atom stereocenters. The lowest BCUT2D eigenvalue weighted by Gasteiger charge is -2.42. The summed E-state index contributed by atoms with van der Waals surface area (Å²) in [6.07, 6.45) is 16.5. The van der Waals surface area contributed by atoms with Crippen molar-refractivity contribution >= 4 is 47.8 Å². The maximum Gasteiger partial charge on any atom is 0.231 e. The molecule has 4 aromatic carbocycles. The third-order valence-corrected chi connectivity index (χ3v) is 16.2. The second-order valence-electron chi connectivity index (χ2n) is 17.8. The Kier molecular flexibility index (Phi) is 14.1. The predicted octanol–water partition coefficient (Wildman–Crippen LogP) is 15.8. The summed E-state index contributed by atoms with van der Waals surface area (Å²) in [6.45, 7) is 9.25. The minimum absolute atomic E-state index is 0.0111. The van der Waals surface area contributed by atoms with Gasteiger partial charge in [-0.25, -0.2) is 0 Å². The first-order valence-electron chi connectivity index (χ1n) is 23.6. The number of benzene rings is 4. The zero-order chi connectivity index (χ0) is 43.7. The van der Waals surface area contributed by atoms with Crippen molar-refractivity contribution < 1.29 is 37.9 Å². The molecule has 0 saturated carbocycles. The van der Waals surface area contributed by atoms with Crippen LogP contribution in [0.15, 0.2) is 49.8 Å². The average molecular weight is 1050 g/mol. The van der Waals surface area contributed by atoms with E-state index in [0.29, 0.717) is 0 Å². The van der Waals surface area contributed by atoms with Gasteiger partial charge in [-0.2, -0.15) is 0 Å². The van der Waals surface area contributed by atoms with Gasteiger partial charge in [0.05, 0.1) is 0 Å². The van der Waals surface area contributed by atoms with Gasteiger partial charge in [-0.1, -0.05) is 104 Å². The molecular weight excluding hydrogens is 992 g/mol. The van der Waals surface area contributed by atoms with Gasteiger partial charge in [-0.15, -0.1) is 0 Å². The van der Waals surface area contributed by atoms with Crippen LogP contribution < -0.4 is 33.2 Å². The van der Waals surface area contributed by atoms with Gasteiger partial charge < -0.3 is 37.9 Å². The molecule has 4 heterocycles. The smallest absolute Gasteiger partial charge is 0.231 e. The van der Waals surface area contributed by atoms with Crippen LogP contribution in [0.5, 0.6) is 40.2 Å². The summed E-state index contributed by atoms with van der Waals surface area (Å²) < 4.78 is 56.2. The van der Waals surface area contributed by atoms with E-state index in [1.54, 1.807) is 0 Å². The molecule has 0 spiro atoms. The summed E-state index contributed by atoms with van der Waals surface area (Å²) in [4.78, 5) is 0. The van der Waals surface area contributed by atoms with Gasteiger partial charge in [0.25, 0.3) is 0 Å². The van der Waals surface area contributed by atoms with Gasteiger partial charge in [-0.3, -0.25) is 0 Å². The molecule has 0 amide bonds. The molecule has 8 nitrogen and oxygen atoms in total. The van der Waals surface area contributed by atoms with E-state index < -0.39 is 5.60 Å². The molecule has 1 aliphatic carbocycles. The summed E-state index contributed by atoms with van der Waals surface area (Å²) in [7, 11) is 0. The van der Waals surface area contributed by atoms with E-state index in [0.717, 1.165) is 201 Å². The lowest BCUT2D eigenvalue weighted by Crippen LogP contribution is -2.38. The summed E-state index contributed by atoms with van der Waals surface area (Å²) in [5.41, 5.74) is 8.09. The Morgan fingerprint density at radius 2 is 0.857 bits per heavy atom. The van der Waals surface area contributed by atoms with Crippen LogP contribution in [-0.4, -0.2) is 27.2 Å². The van der Waals surface area contributed by atoms with E-state index in [4.69, 9.17) is 37.9 Å². The second-order valence-corrected chi connectivity index (χ2v) is 20.2. The highest BCUT2D eigenvalue weighted by Crippen LogP contribution is 2.60. The summed E-state index contributed by atoms with van der Waals surface area (Å²) >= 11 is 12.3. The first-order valence-corrected chi connectivity index (χ1v) is 26.0. The predicted molar refractivity (Wildman–Crippen MR) is 257 cm³/mol. The zero-order valence-corrected chi connectivity index (χ0v) is 42.0. The molecule has 4 aromatic rings. The van der Waals surface area contributed by atoms with Crippen LogP contribution in [0, 0.1) is 0 Å². The van der Waals surface area contributed by atoms with E-state index in [1.165, 1.54) is 0 Å². The molecule has 4 aliphatic heterocycles. The number of halogens is 3. The van der Waals surface area contributed by atoms with Crippen molar-refractivity contribution in [3.8, 4) is 40.2 Å². The molecule has 11 heteroatoms. The topological polar surface area (TPSA) is 73.8 Å². The molecular formula is C52H61Br3O8. The van der Waals surface area contributed by atoms with Crippen molar-refractivity contribution in [2.45, 2.75) is 154 Å². The van der Waals surface area contributed by atoms with Gasteiger partial charge in [-0.05, 0) is 116 Å². The zero-order valence-electron chi connectivity index (χ0n) is 37.2. The SMILES string of the molecule is CCCCCC1c2cc3ccc2OCOc2c1cc1c(c2Br)OCOc2c(cc4c(c2Br)OCOc2c(cc5c(c2Br)OCOC35CCCCC)C4CCCCC)C1CCCCC. The van der Waals surface area contributed by atoms with Crippen LogP contribution in [0.2, 0.25) is 0 Å².